The third kappa shape index (κ3) is 3.42. The minimum Gasteiger partial charge on any atom is -0.265 e. The number of nitriles is 1. The van der Waals surface area contributed by atoms with Gasteiger partial charge in [0, 0.05) is 32.2 Å². The van der Waals surface area contributed by atoms with Gasteiger partial charge in [0.1, 0.15) is 11.0 Å². The lowest BCUT2D eigenvalue weighted by Gasteiger charge is -2.17. The highest BCUT2D eigenvalue weighted by Gasteiger charge is 2.24. The van der Waals surface area contributed by atoms with Crippen molar-refractivity contribution in [2.75, 3.05) is 13.6 Å². The molecule has 0 bridgehead atoms. The summed E-state index contributed by atoms with van der Waals surface area (Å²) in [6, 6.07) is 8.38. The fourth-order valence-corrected chi connectivity index (χ4v) is 3.07. The smallest absolute Gasteiger partial charge is 0.245 e. The van der Waals surface area contributed by atoms with Crippen LogP contribution >= 0.6 is 0 Å². The third-order valence-electron chi connectivity index (χ3n) is 3.03. The van der Waals surface area contributed by atoms with E-state index in [0.717, 1.165) is 5.56 Å². The molecule has 0 aliphatic heterocycles. The molecule has 0 fully saturated rings. The lowest BCUT2D eigenvalue weighted by Crippen LogP contribution is -2.29. The molecule has 2 rings (SSSR count). The molecule has 7 heteroatoms. The Balaban J connectivity index is 2.18. The van der Waals surface area contributed by atoms with Gasteiger partial charge >= 0.3 is 0 Å². The molecular formula is C14H14N4O2S. The zero-order chi connectivity index (χ0) is 15.3. The summed E-state index contributed by atoms with van der Waals surface area (Å²) in [6.45, 7) is 0.312. The Hall–Kier alpha value is -2.30. The zero-order valence-electron chi connectivity index (χ0n) is 11.5. The maximum atomic E-state index is 12.5. The van der Waals surface area contributed by atoms with Gasteiger partial charge in [-0.1, -0.05) is 0 Å². The van der Waals surface area contributed by atoms with Gasteiger partial charge in [-0.2, -0.15) is 5.26 Å². The molecule has 0 aromatic carbocycles. The van der Waals surface area contributed by atoms with Gasteiger partial charge < -0.3 is 0 Å². The number of sulfonamides is 1. The van der Waals surface area contributed by atoms with Gasteiger partial charge in [-0.15, -0.1) is 0 Å². The summed E-state index contributed by atoms with van der Waals surface area (Å²) in [6.07, 6.45) is 5.30. The molecule has 2 heterocycles. The number of hydrogen-bond acceptors (Lipinski definition) is 5. The Labute approximate surface area is 123 Å². The van der Waals surface area contributed by atoms with Gasteiger partial charge in [-0.3, -0.25) is 4.98 Å². The Morgan fingerprint density at radius 2 is 1.95 bits per heavy atom. The van der Waals surface area contributed by atoms with Crippen LogP contribution in [0, 0.1) is 11.3 Å². The number of nitrogens with zero attached hydrogens (tertiary/aromatic N) is 4. The van der Waals surface area contributed by atoms with Gasteiger partial charge in [0.15, 0.2) is 5.69 Å². The molecule has 21 heavy (non-hydrogen) atoms. The van der Waals surface area contributed by atoms with Crippen molar-refractivity contribution in [3.63, 3.8) is 0 Å². The summed E-state index contributed by atoms with van der Waals surface area (Å²) >= 11 is 0. The van der Waals surface area contributed by atoms with Crippen LogP contribution in [-0.4, -0.2) is 36.3 Å². The van der Waals surface area contributed by atoms with E-state index in [4.69, 9.17) is 5.26 Å². The fraction of sp³-hybridized carbons (Fsp3) is 0.214. The van der Waals surface area contributed by atoms with E-state index < -0.39 is 10.0 Å². The van der Waals surface area contributed by atoms with E-state index in [9.17, 15) is 8.42 Å². The average Bonchev–Trinajstić information content (AvgIpc) is 2.53. The molecule has 0 N–H and O–H groups in total. The Morgan fingerprint density at radius 3 is 2.62 bits per heavy atom. The molecule has 6 nitrogen and oxygen atoms in total. The normalized spacial score (nSPS) is 11.3. The van der Waals surface area contributed by atoms with Crippen LogP contribution in [0.25, 0.3) is 0 Å². The number of aromatic nitrogens is 2. The summed E-state index contributed by atoms with van der Waals surface area (Å²) in [5, 5.41) is 8.97. The average molecular weight is 302 g/mol. The van der Waals surface area contributed by atoms with E-state index in [-0.39, 0.29) is 10.6 Å². The molecular weight excluding hydrogens is 288 g/mol. The molecule has 0 atom stereocenters. The Kier molecular flexibility index (Phi) is 4.62. The predicted octanol–water partition coefficient (Wildman–Crippen LogP) is 1.21. The van der Waals surface area contributed by atoms with Crippen molar-refractivity contribution >= 4 is 10.0 Å². The van der Waals surface area contributed by atoms with Crippen LogP contribution in [0.2, 0.25) is 0 Å². The van der Waals surface area contributed by atoms with Crippen LogP contribution in [0.15, 0.2) is 47.8 Å². The van der Waals surface area contributed by atoms with Crippen molar-refractivity contribution in [2.24, 2.45) is 0 Å². The SMILES string of the molecule is CN(CCc1ccncc1)S(=O)(=O)c1cccnc1C#N. The lowest BCUT2D eigenvalue weighted by molar-refractivity contribution is 0.472. The van der Waals surface area contributed by atoms with E-state index in [2.05, 4.69) is 9.97 Å². The first-order chi connectivity index (χ1) is 10.1. The minimum absolute atomic E-state index is 0.0651. The monoisotopic (exact) mass is 302 g/mol. The predicted molar refractivity (Wildman–Crippen MR) is 76.7 cm³/mol. The van der Waals surface area contributed by atoms with Crippen LogP contribution < -0.4 is 0 Å². The van der Waals surface area contributed by atoms with Gasteiger partial charge in [0.25, 0.3) is 0 Å². The van der Waals surface area contributed by atoms with Crippen molar-refractivity contribution < 1.29 is 8.42 Å². The molecule has 0 radical (unpaired) electrons. The number of pyridine rings is 2. The van der Waals surface area contributed by atoms with Crippen molar-refractivity contribution in [2.45, 2.75) is 11.3 Å². The maximum Gasteiger partial charge on any atom is 0.245 e. The molecule has 2 aromatic rings. The van der Waals surface area contributed by atoms with Gasteiger partial charge in [-0.25, -0.2) is 17.7 Å². The van der Waals surface area contributed by atoms with Crippen molar-refractivity contribution in [3.05, 3.63) is 54.1 Å². The molecule has 0 saturated carbocycles. The fourth-order valence-electron chi connectivity index (χ4n) is 1.81. The summed E-state index contributed by atoms with van der Waals surface area (Å²) in [7, 11) is -2.23. The second-order valence-corrected chi connectivity index (χ2v) is 6.41. The van der Waals surface area contributed by atoms with Crippen LogP contribution in [0.5, 0.6) is 0 Å². The van der Waals surface area contributed by atoms with Gasteiger partial charge in [-0.05, 0) is 36.2 Å². The van der Waals surface area contributed by atoms with Crippen LogP contribution in [0.1, 0.15) is 11.3 Å². The van der Waals surface area contributed by atoms with E-state index in [1.54, 1.807) is 18.5 Å². The van der Waals surface area contributed by atoms with Crippen molar-refractivity contribution in [3.8, 4) is 6.07 Å². The largest absolute Gasteiger partial charge is 0.265 e. The Morgan fingerprint density at radius 1 is 1.24 bits per heavy atom. The highest BCUT2D eigenvalue weighted by molar-refractivity contribution is 7.89. The standard InChI is InChI=1S/C14H14N4O2S/c1-18(10-6-12-4-8-16-9-5-12)21(19,20)14-3-2-7-17-13(14)11-15/h2-5,7-9H,6,10H2,1H3. The summed E-state index contributed by atoms with van der Waals surface area (Å²) in [5.74, 6) is 0. The first-order valence-electron chi connectivity index (χ1n) is 6.26. The van der Waals surface area contributed by atoms with Crippen molar-refractivity contribution in [1.82, 2.24) is 14.3 Å². The first kappa shape index (κ1) is 15.1. The highest BCUT2D eigenvalue weighted by atomic mass is 32.2. The molecule has 108 valence electrons. The molecule has 0 spiro atoms. The second kappa shape index (κ2) is 6.43. The highest BCUT2D eigenvalue weighted by Crippen LogP contribution is 2.17. The number of hydrogen-bond donors (Lipinski definition) is 0. The molecule has 0 aliphatic carbocycles. The third-order valence-corrected chi connectivity index (χ3v) is 4.92. The van der Waals surface area contributed by atoms with Crippen LogP contribution in [0.3, 0.4) is 0 Å². The van der Waals surface area contributed by atoms with Gasteiger partial charge in [0.05, 0.1) is 0 Å². The summed E-state index contributed by atoms with van der Waals surface area (Å²) in [4.78, 5) is 7.64. The van der Waals surface area contributed by atoms with E-state index in [0.29, 0.717) is 13.0 Å². The van der Waals surface area contributed by atoms with E-state index in [1.807, 2.05) is 12.1 Å². The van der Waals surface area contributed by atoms with Gasteiger partial charge in [0.2, 0.25) is 10.0 Å². The van der Waals surface area contributed by atoms with Crippen LogP contribution in [0.4, 0.5) is 0 Å². The maximum absolute atomic E-state index is 12.5. The topological polar surface area (TPSA) is 87.0 Å². The second-order valence-electron chi connectivity index (χ2n) is 4.39. The zero-order valence-corrected chi connectivity index (χ0v) is 12.3. The molecule has 0 aliphatic rings. The number of rotatable bonds is 5. The van der Waals surface area contributed by atoms with E-state index >= 15 is 0 Å². The van der Waals surface area contributed by atoms with Crippen molar-refractivity contribution in [1.29, 1.82) is 5.26 Å². The molecule has 0 amide bonds. The minimum atomic E-state index is -3.72. The summed E-state index contributed by atoms with van der Waals surface area (Å²) in [5.41, 5.74) is 0.909. The molecule has 0 unspecified atom stereocenters. The quantitative estimate of drug-likeness (QED) is 0.828. The Bertz CT molecular complexity index is 754. The first-order valence-corrected chi connectivity index (χ1v) is 7.70. The number of likely N-dealkylation sites (N-methyl/N-ethyl adjacent to an activating group) is 1. The molecule has 0 saturated heterocycles. The lowest BCUT2D eigenvalue weighted by atomic mass is 10.2. The van der Waals surface area contributed by atoms with Crippen LogP contribution in [-0.2, 0) is 16.4 Å². The van der Waals surface area contributed by atoms with E-state index in [1.165, 1.54) is 29.7 Å². The molecule has 2 aromatic heterocycles. The summed E-state index contributed by atoms with van der Waals surface area (Å²) < 4.78 is 26.1.